The zero-order valence-corrected chi connectivity index (χ0v) is 5.43. The second kappa shape index (κ2) is 2.49. The molecule has 1 aliphatic carbocycles. The summed E-state index contributed by atoms with van der Waals surface area (Å²) in [4.78, 5) is 0. The highest BCUT2D eigenvalue weighted by atomic mass is 16.3. The van der Waals surface area contributed by atoms with E-state index in [4.69, 9.17) is 5.11 Å². The van der Waals surface area contributed by atoms with E-state index < -0.39 is 0 Å². The van der Waals surface area contributed by atoms with Crippen LogP contribution >= 0.6 is 0 Å². The molecule has 1 aliphatic rings. The van der Waals surface area contributed by atoms with E-state index in [2.05, 4.69) is 6.92 Å². The fourth-order valence-corrected chi connectivity index (χ4v) is 1.33. The van der Waals surface area contributed by atoms with Crippen molar-refractivity contribution in [1.82, 2.24) is 0 Å². The zero-order chi connectivity index (χ0) is 5.98. The van der Waals surface area contributed by atoms with Crippen molar-refractivity contribution in [3.8, 4) is 0 Å². The quantitative estimate of drug-likeness (QED) is 0.575. The molecule has 0 aliphatic heterocycles. The van der Waals surface area contributed by atoms with Crippen LogP contribution in [0.15, 0.2) is 0 Å². The third kappa shape index (κ3) is 1.03. The van der Waals surface area contributed by atoms with E-state index >= 15 is 0 Å². The van der Waals surface area contributed by atoms with Crippen LogP contribution in [0.25, 0.3) is 0 Å². The van der Waals surface area contributed by atoms with Crippen molar-refractivity contribution in [2.45, 2.75) is 26.2 Å². The molecule has 0 amide bonds. The first-order valence-corrected chi connectivity index (χ1v) is 3.45. The maximum absolute atomic E-state index is 8.52. The lowest BCUT2D eigenvalue weighted by molar-refractivity contribution is 0.144. The van der Waals surface area contributed by atoms with E-state index in [9.17, 15) is 0 Å². The molecule has 0 aromatic heterocycles. The number of hydrogen-bond donors (Lipinski definition) is 1. The van der Waals surface area contributed by atoms with Crippen LogP contribution in [0.1, 0.15) is 26.2 Å². The maximum Gasteiger partial charge on any atom is 0.0433 e. The molecule has 48 valence electrons. The molecule has 0 saturated heterocycles. The van der Waals surface area contributed by atoms with Gasteiger partial charge in [-0.15, -0.1) is 0 Å². The number of aliphatic hydroxyl groups excluding tert-OH is 1. The lowest BCUT2D eigenvalue weighted by atomic mass is 9.73. The molecule has 1 fully saturated rings. The molecule has 0 aromatic carbocycles. The highest BCUT2D eigenvalue weighted by Gasteiger charge is 2.25. The van der Waals surface area contributed by atoms with Crippen molar-refractivity contribution in [2.75, 3.05) is 6.61 Å². The zero-order valence-electron chi connectivity index (χ0n) is 5.43. The Morgan fingerprint density at radius 2 is 2.25 bits per heavy atom. The number of rotatable bonds is 2. The molecule has 1 unspecified atom stereocenters. The van der Waals surface area contributed by atoms with Gasteiger partial charge in [0.05, 0.1) is 0 Å². The smallest absolute Gasteiger partial charge is 0.0433 e. The second-order valence-electron chi connectivity index (χ2n) is 2.83. The van der Waals surface area contributed by atoms with Crippen molar-refractivity contribution in [3.05, 3.63) is 0 Å². The van der Waals surface area contributed by atoms with Gasteiger partial charge >= 0.3 is 0 Å². The van der Waals surface area contributed by atoms with Crippen molar-refractivity contribution >= 4 is 0 Å². The van der Waals surface area contributed by atoms with Gasteiger partial charge in [0.2, 0.25) is 0 Å². The van der Waals surface area contributed by atoms with E-state index in [1.807, 2.05) is 0 Å². The van der Waals surface area contributed by atoms with Crippen LogP contribution in [0.4, 0.5) is 0 Å². The average molecular weight is 114 g/mol. The highest BCUT2D eigenvalue weighted by molar-refractivity contribution is 4.76. The number of aliphatic hydroxyl groups is 1. The van der Waals surface area contributed by atoms with Gasteiger partial charge in [-0.3, -0.25) is 0 Å². The standard InChI is InChI=1S/C7H14O/c1-6-2-3-7(6)4-5-8/h6-8H,2-5H2,1H3/t6-,7?/m1/s1. The molecule has 8 heavy (non-hydrogen) atoms. The van der Waals surface area contributed by atoms with E-state index in [0.717, 1.165) is 18.3 Å². The summed E-state index contributed by atoms with van der Waals surface area (Å²) in [6.45, 7) is 2.65. The van der Waals surface area contributed by atoms with Gasteiger partial charge in [0, 0.05) is 6.61 Å². The van der Waals surface area contributed by atoms with Gasteiger partial charge in [-0.1, -0.05) is 13.3 Å². The Morgan fingerprint density at radius 3 is 2.38 bits per heavy atom. The maximum atomic E-state index is 8.52. The molecule has 0 bridgehead atoms. The Labute approximate surface area is 50.7 Å². The molecular weight excluding hydrogens is 100 g/mol. The third-order valence-electron chi connectivity index (χ3n) is 2.30. The summed E-state index contributed by atoms with van der Waals surface area (Å²) in [5.74, 6) is 1.74. The van der Waals surface area contributed by atoms with Crippen molar-refractivity contribution in [2.24, 2.45) is 11.8 Å². The van der Waals surface area contributed by atoms with Crippen LogP contribution in [0.2, 0.25) is 0 Å². The molecule has 1 nitrogen and oxygen atoms in total. The molecular formula is C7H14O. The Bertz CT molecular complexity index is 70.8. The van der Waals surface area contributed by atoms with E-state index in [-0.39, 0.29) is 0 Å². The predicted molar refractivity (Wildman–Crippen MR) is 33.6 cm³/mol. The van der Waals surface area contributed by atoms with Gasteiger partial charge in [0.25, 0.3) is 0 Å². The summed E-state index contributed by atoms with van der Waals surface area (Å²) in [5.41, 5.74) is 0. The normalized spacial score (nSPS) is 36.8. The molecule has 0 aromatic rings. The Kier molecular flexibility index (Phi) is 1.90. The average Bonchev–Trinajstić information content (AvgIpc) is 1.79. The first-order chi connectivity index (χ1) is 3.84. The molecule has 0 heterocycles. The Balaban J connectivity index is 2.08. The summed E-state index contributed by atoms with van der Waals surface area (Å²) >= 11 is 0. The van der Waals surface area contributed by atoms with Gasteiger partial charge < -0.3 is 5.11 Å². The minimum Gasteiger partial charge on any atom is -0.396 e. The minimum absolute atomic E-state index is 0.384. The predicted octanol–water partition coefficient (Wildman–Crippen LogP) is 1.41. The summed E-state index contributed by atoms with van der Waals surface area (Å²) in [5, 5.41) is 8.52. The molecule has 1 heteroatoms. The lowest BCUT2D eigenvalue weighted by Gasteiger charge is -2.33. The molecule has 2 atom stereocenters. The van der Waals surface area contributed by atoms with Gasteiger partial charge in [-0.2, -0.15) is 0 Å². The lowest BCUT2D eigenvalue weighted by Crippen LogP contribution is -2.23. The van der Waals surface area contributed by atoms with Crippen LogP contribution in [0.3, 0.4) is 0 Å². The first-order valence-electron chi connectivity index (χ1n) is 3.45. The van der Waals surface area contributed by atoms with Crippen LogP contribution in [0, 0.1) is 11.8 Å². The minimum atomic E-state index is 0.384. The van der Waals surface area contributed by atoms with E-state index in [0.29, 0.717) is 6.61 Å². The molecule has 0 radical (unpaired) electrons. The Morgan fingerprint density at radius 1 is 1.50 bits per heavy atom. The number of hydrogen-bond acceptors (Lipinski definition) is 1. The van der Waals surface area contributed by atoms with Gasteiger partial charge in [0.1, 0.15) is 0 Å². The summed E-state index contributed by atoms with van der Waals surface area (Å²) < 4.78 is 0. The van der Waals surface area contributed by atoms with E-state index in [1.54, 1.807) is 0 Å². The topological polar surface area (TPSA) is 20.2 Å². The highest BCUT2D eigenvalue weighted by Crippen LogP contribution is 2.35. The monoisotopic (exact) mass is 114 g/mol. The van der Waals surface area contributed by atoms with Crippen LogP contribution < -0.4 is 0 Å². The summed E-state index contributed by atoms with van der Waals surface area (Å²) in [6.07, 6.45) is 3.76. The van der Waals surface area contributed by atoms with Crippen molar-refractivity contribution in [3.63, 3.8) is 0 Å². The molecule has 1 N–H and O–H groups in total. The van der Waals surface area contributed by atoms with Gasteiger partial charge in [-0.25, -0.2) is 0 Å². The van der Waals surface area contributed by atoms with Crippen molar-refractivity contribution < 1.29 is 5.11 Å². The summed E-state index contributed by atoms with van der Waals surface area (Å²) in [7, 11) is 0. The molecule has 0 spiro atoms. The van der Waals surface area contributed by atoms with Crippen LogP contribution in [-0.4, -0.2) is 11.7 Å². The third-order valence-corrected chi connectivity index (χ3v) is 2.30. The largest absolute Gasteiger partial charge is 0.396 e. The van der Waals surface area contributed by atoms with Crippen molar-refractivity contribution in [1.29, 1.82) is 0 Å². The van der Waals surface area contributed by atoms with Gasteiger partial charge in [0.15, 0.2) is 0 Å². The fraction of sp³-hybridized carbons (Fsp3) is 1.00. The van der Waals surface area contributed by atoms with Gasteiger partial charge in [-0.05, 0) is 24.7 Å². The van der Waals surface area contributed by atoms with E-state index in [1.165, 1.54) is 12.8 Å². The van der Waals surface area contributed by atoms with Crippen LogP contribution in [-0.2, 0) is 0 Å². The first kappa shape index (κ1) is 6.09. The fourth-order valence-electron chi connectivity index (χ4n) is 1.33. The molecule has 1 saturated carbocycles. The SMILES string of the molecule is C[C@@H]1CCC1CCO. The summed E-state index contributed by atoms with van der Waals surface area (Å²) in [6, 6.07) is 0. The molecule has 1 rings (SSSR count). The Hall–Kier alpha value is -0.0400. The van der Waals surface area contributed by atoms with Crippen LogP contribution in [0.5, 0.6) is 0 Å². The second-order valence-corrected chi connectivity index (χ2v) is 2.83.